The van der Waals surface area contributed by atoms with Gasteiger partial charge < -0.3 is 17.7 Å². The second-order valence-electron chi connectivity index (χ2n) is 8.80. The predicted molar refractivity (Wildman–Crippen MR) is 146 cm³/mol. The summed E-state index contributed by atoms with van der Waals surface area (Å²) in [6, 6.07) is 4.71. The van der Waals surface area contributed by atoms with Crippen LogP contribution in [0.4, 0.5) is 0 Å². The monoisotopic (exact) mass is 492 g/mol. The number of rotatable bonds is 22. The van der Waals surface area contributed by atoms with Crippen LogP contribution in [0.1, 0.15) is 120 Å². The van der Waals surface area contributed by atoms with Gasteiger partial charge in [0.1, 0.15) is 0 Å². The van der Waals surface area contributed by atoms with Gasteiger partial charge in [-0.1, -0.05) is 92.9 Å². The summed E-state index contributed by atoms with van der Waals surface area (Å²) in [6.45, 7) is 20.9. The van der Waals surface area contributed by atoms with E-state index < -0.39 is 17.1 Å². The van der Waals surface area contributed by atoms with Gasteiger partial charge in [-0.3, -0.25) is 0 Å². The van der Waals surface area contributed by atoms with Crippen LogP contribution in [0.15, 0.2) is 0 Å². The Labute approximate surface area is 205 Å². The highest BCUT2D eigenvalue weighted by atomic mass is 28.4. The molecule has 0 spiro atoms. The summed E-state index contributed by atoms with van der Waals surface area (Å²) >= 11 is 0. The maximum Gasteiger partial charge on any atom is 0.338 e. The molecule has 0 saturated heterocycles. The van der Waals surface area contributed by atoms with Gasteiger partial charge in [0.05, 0.1) is 0 Å². The first-order valence-corrected chi connectivity index (χ1v) is 18.5. The van der Waals surface area contributed by atoms with E-state index in [9.17, 15) is 0 Å². The molecular formula is C26H60O4Si2. The summed E-state index contributed by atoms with van der Waals surface area (Å²) in [7, 11) is -3.72. The summed E-state index contributed by atoms with van der Waals surface area (Å²) in [5.41, 5.74) is 0. The lowest BCUT2D eigenvalue weighted by molar-refractivity contribution is 0.165. The van der Waals surface area contributed by atoms with Gasteiger partial charge in [0.25, 0.3) is 0 Å². The van der Waals surface area contributed by atoms with E-state index in [0.717, 1.165) is 39.3 Å². The first kappa shape index (κ1) is 34.4. The Kier molecular flexibility index (Phi) is 26.3. The fourth-order valence-corrected chi connectivity index (χ4v) is 11.4. The third-order valence-electron chi connectivity index (χ3n) is 5.60. The minimum absolute atomic E-state index is 0.805. The smallest absolute Gasteiger partial charge is 0.338 e. The second kappa shape index (κ2) is 24.4. The molecule has 0 bridgehead atoms. The summed E-state index contributed by atoms with van der Waals surface area (Å²) in [5, 5.41) is 0. The van der Waals surface area contributed by atoms with Crippen molar-refractivity contribution in [1.29, 1.82) is 0 Å². The van der Waals surface area contributed by atoms with Gasteiger partial charge in [-0.05, 0) is 50.9 Å². The minimum atomic E-state index is -1.88. The molecule has 0 radical (unpaired) electrons. The van der Waals surface area contributed by atoms with Crippen LogP contribution < -0.4 is 0 Å². The molecule has 0 unspecified atom stereocenters. The fraction of sp³-hybridized carbons (Fsp3) is 1.00. The zero-order chi connectivity index (χ0) is 24.6. The second-order valence-corrected chi connectivity index (χ2v) is 15.6. The largest absolute Gasteiger partial charge is 0.394 e. The quantitative estimate of drug-likeness (QED) is 0.141. The van der Waals surface area contributed by atoms with E-state index in [1.165, 1.54) is 75.5 Å². The molecule has 0 amide bonds. The average molecular weight is 493 g/mol. The van der Waals surface area contributed by atoms with E-state index in [2.05, 4.69) is 55.4 Å². The third-order valence-corrected chi connectivity index (χ3v) is 13.1. The molecule has 0 aromatic rings. The first-order chi connectivity index (χ1) is 15.5. The molecule has 0 aromatic heterocycles. The van der Waals surface area contributed by atoms with Crippen LogP contribution in [0.2, 0.25) is 24.2 Å². The zero-order valence-corrected chi connectivity index (χ0v) is 25.4. The Morgan fingerprint density at radius 1 is 0.375 bits per heavy atom. The summed E-state index contributed by atoms with van der Waals surface area (Å²) in [4.78, 5) is 0. The fourth-order valence-electron chi connectivity index (χ4n) is 3.80. The van der Waals surface area contributed by atoms with Crippen molar-refractivity contribution < 1.29 is 17.7 Å². The molecule has 196 valence electrons. The van der Waals surface area contributed by atoms with Crippen molar-refractivity contribution in [2.24, 2.45) is 0 Å². The third kappa shape index (κ3) is 17.7. The molecule has 0 saturated carbocycles. The number of unbranched alkanes of at least 4 members (excludes halogenated alkanes) is 4. The Morgan fingerprint density at radius 3 is 0.875 bits per heavy atom. The summed E-state index contributed by atoms with van der Waals surface area (Å²) < 4.78 is 24.4. The van der Waals surface area contributed by atoms with Crippen LogP contribution in [0, 0.1) is 0 Å². The molecule has 0 aromatic carbocycles. The van der Waals surface area contributed by atoms with Crippen molar-refractivity contribution in [2.45, 2.75) is 144 Å². The van der Waals surface area contributed by atoms with Gasteiger partial charge in [-0.25, -0.2) is 0 Å². The molecule has 0 atom stereocenters. The van der Waals surface area contributed by atoms with Crippen LogP contribution in [0.25, 0.3) is 0 Å². The van der Waals surface area contributed by atoms with Gasteiger partial charge in [-0.2, -0.15) is 0 Å². The minimum Gasteiger partial charge on any atom is -0.394 e. The molecule has 6 heteroatoms. The van der Waals surface area contributed by atoms with Crippen molar-refractivity contribution in [3.05, 3.63) is 0 Å². The summed E-state index contributed by atoms with van der Waals surface area (Å²) in [6.07, 6.45) is 12.2. The van der Waals surface area contributed by atoms with Gasteiger partial charge in [0, 0.05) is 26.4 Å². The van der Waals surface area contributed by atoms with Crippen LogP contribution in [-0.4, -0.2) is 43.5 Å². The van der Waals surface area contributed by atoms with E-state index in [1.807, 2.05) is 0 Å². The van der Waals surface area contributed by atoms with Crippen LogP contribution in [0.3, 0.4) is 0 Å². The van der Waals surface area contributed by atoms with Crippen LogP contribution in [0.5, 0.6) is 0 Å². The average Bonchev–Trinajstić information content (AvgIpc) is 2.81. The van der Waals surface area contributed by atoms with Crippen LogP contribution in [-0.2, 0) is 17.7 Å². The van der Waals surface area contributed by atoms with Gasteiger partial charge in [0.15, 0.2) is 0 Å². The van der Waals surface area contributed by atoms with Crippen LogP contribution >= 0.6 is 0 Å². The van der Waals surface area contributed by atoms with Gasteiger partial charge in [-0.15, -0.1) is 0 Å². The Bertz CT molecular complexity index is 316. The lowest BCUT2D eigenvalue weighted by atomic mass is 10.4. The van der Waals surface area contributed by atoms with E-state index >= 15 is 0 Å². The Balaban J connectivity index is 0. The maximum atomic E-state index is 6.20. The Hall–Kier alpha value is 0.274. The van der Waals surface area contributed by atoms with E-state index in [-0.39, 0.29) is 0 Å². The SMILES string of the molecule is CCCC[Si](CCCC)(OCC)OCC.CCCC[Si](CCCC)(OCCC)OCCC. The van der Waals surface area contributed by atoms with Crippen molar-refractivity contribution in [3.63, 3.8) is 0 Å². The summed E-state index contributed by atoms with van der Waals surface area (Å²) in [5.74, 6) is 0. The molecule has 0 aliphatic rings. The molecule has 0 heterocycles. The maximum absolute atomic E-state index is 6.20. The highest BCUT2D eigenvalue weighted by Gasteiger charge is 2.36. The standard InChI is InChI=1S/C14H32O2Si.C12H28O2Si/c1-5-9-13-17(14-10-6-2,15-11-7-3)16-12-8-4;1-5-9-11-15(13-7-3,14-8-4)12-10-6-2/h5-14H2,1-4H3;5-12H2,1-4H3. The molecular weight excluding hydrogens is 432 g/mol. The number of hydrogen-bond donors (Lipinski definition) is 0. The molecule has 0 aliphatic heterocycles. The lowest BCUT2D eigenvalue weighted by Crippen LogP contribution is -2.42. The van der Waals surface area contributed by atoms with Gasteiger partial charge >= 0.3 is 17.1 Å². The normalized spacial score (nSPS) is 12.0. The predicted octanol–water partition coefficient (Wildman–Crippen LogP) is 8.98. The Morgan fingerprint density at radius 2 is 0.656 bits per heavy atom. The van der Waals surface area contributed by atoms with Crippen molar-refractivity contribution in [2.75, 3.05) is 26.4 Å². The molecule has 0 aliphatic carbocycles. The van der Waals surface area contributed by atoms with Crippen molar-refractivity contribution >= 4 is 17.1 Å². The van der Waals surface area contributed by atoms with E-state index in [0.29, 0.717) is 0 Å². The topological polar surface area (TPSA) is 36.9 Å². The molecule has 0 N–H and O–H groups in total. The highest BCUT2D eigenvalue weighted by Crippen LogP contribution is 2.26. The molecule has 0 rings (SSSR count). The first-order valence-electron chi connectivity index (χ1n) is 14.0. The highest BCUT2D eigenvalue weighted by molar-refractivity contribution is 6.67. The molecule has 0 fully saturated rings. The molecule has 32 heavy (non-hydrogen) atoms. The van der Waals surface area contributed by atoms with E-state index in [1.54, 1.807) is 0 Å². The number of hydrogen-bond acceptors (Lipinski definition) is 4. The van der Waals surface area contributed by atoms with Gasteiger partial charge in [0.2, 0.25) is 0 Å². The van der Waals surface area contributed by atoms with Crippen molar-refractivity contribution in [1.82, 2.24) is 0 Å². The zero-order valence-electron chi connectivity index (χ0n) is 23.4. The van der Waals surface area contributed by atoms with Crippen molar-refractivity contribution in [3.8, 4) is 0 Å². The van der Waals surface area contributed by atoms with E-state index in [4.69, 9.17) is 17.7 Å². The molecule has 4 nitrogen and oxygen atoms in total. The lowest BCUT2D eigenvalue weighted by Gasteiger charge is -2.31.